The van der Waals surface area contributed by atoms with Crippen molar-refractivity contribution in [2.45, 2.75) is 31.4 Å². The van der Waals surface area contributed by atoms with Crippen LogP contribution >= 0.6 is 0 Å². The summed E-state index contributed by atoms with van der Waals surface area (Å²) in [6.07, 6.45) is -0.986. The summed E-state index contributed by atoms with van der Waals surface area (Å²) in [4.78, 5) is 25.7. The largest absolute Gasteiger partial charge is 0.450 e. The Morgan fingerprint density at radius 3 is 2.33 bits per heavy atom. The van der Waals surface area contributed by atoms with Crippen LogP contribution in [0.15, 0.2) is 66.7 Å². The molecule has 1 fully saturated rings. The number of cyclic esters (lactones) is 1. The molecule has 6 nitrogen and oxygen atoms in total. The van der Waals surface area contributed by atoms with Crippen molar-refractivity contribution >= 4 is 12.2 Å². The molecule has 0 saturated carbocycles. The Morgan fingerprint density at radius 2 is 1.72 bits per heavy atom. The SMILES string of the molecule is CC(c1ccc(-c2ccc(F)cc2F)cc1)N1CC[C@](CCOC(N)=O)(c2ccc(F)cc2)OC1=O. The van der Waals surface area contributed by atoms with Gasteiger partial charge in [-0.3, -0.25) is 0 Å². The number of carbonyl (C=O) groups is 2. The van der Waals surface area contributed by atoms with Gasteiger partial charge in [0.05, 0.1) is 12.6 Å². The molecule has 2 amide bonds. The van der Waals surface area contributed by atoms with E-state index >= 15 is 0 Å². The maximum atomic E-state index is 14.1. The number of ether oxygens (including phenoxy) is 2. The highest BCUT2D eigenvalue weighted by atomic mass is 19.1. The molecule has 2 atom stereocenters. The van der Waals surface area contributed by atoms with Gasteiger partial charge >= 0.3 is 12.2 Å². The molecule has 1 unspecified atom stereocenters. The Bertz CT molecular complexity index is 1250. The van der Waals surface area contributed by atoms with Gasteiger partial charge in [0.15, 0.2) is 0 Å². The van der Waals surface area contributed by atoms with Crippen LogP contribution in [-0.2, 0) is 15.1 Å². The summed E-state index contributed by atoms with van der Waals surface area (Å²) in [7, 11) is 0. The molecule has 1 aliphatic rings. The van der Waals surface area contributed by atoms with Crippen LogP contribution in [0.2, 0.25) is 0 Å². The standard InChI is InChI=1S/C27H25F3N2O4/c1-17(18-2-4-19(5-3-18)23-11-10-22(29)16-24(23)30)32-14-12-27(36-26(32)34,13-15-35-25(31)33)20-6-8-21(28)9-7-20/h2-11,16-17H,12-15H2,1H3,(H2,31,33)/t17?,27-/m0/s1. The number of carbonyl (C=O) groups excluding carboxylic acids is 2. The first-order chi connectivity index (χ1) is 17.2. The lowest BCUT2D eigenvalue weighted by atomic mass is 9.85. The Kier molecular flexibility index (Phi) is 7.19. The van der Waals surface area contributed by atoms with Gasteiger partial charge < -0.3 is 20.1 Å². The van der Waals surface area contributed by atoms with Crippen molar-refractivity contribution in [1.82, 2.24) is 4.90 Å². The Labute approximate surface area is 206 Å². The van der Waals surface area contributed by atoms with E-state index in [4.69, 9.17) is 15.2 Å². The van der Waals surface area contributed by atoms with Crippen molar-refractivity contribution in [3.05, 3.63) is 95.3 Å². The van der Waals surface area contributed by atoms with Crippen molar-refractivity contribution in [3.63, 3.8) is 0 Å². The third-order valence-corrected chi connectivity index (χ3v) is 6.50. The van der Waals surface area contributed by atoms with E-state index in [1.807, 2.05) is 6.92 Å². The molecule has 9 heteroatoms. The summed E-state index contributed by atoms with van der Waals surface area (Å²) in [6, 6.07) is 15.7. The normalized spacial score (nSPS) is 18.4. The van der Waals surface area contributed by atoms with Crippen LogP contribution < -0.4 is 5.73 Å². The van der Waals surface area contributed by atoms with Crippen LogP contribution in [0.25, 0.3) is 11.1 Å². The highest BCUT2D eigenvalue weighted by molar-refractivity contribution is 5.70. The maximum absolute atomic E-state index is 14.1. The lowest BCUT2D eigenvalue weighted by molar-refractivity contribution is -0.0722. The summed E-state index contributed by atoms with van der Waals surface area (Å²) >= 11 is 0. The van der Waals surface area contributed by atoms with Crippen LogP contribution in [0.4, 0.5) is 22.8 Å². The van der Waals surface area contributed by atoms with Gasteiger partial charge in [-0.05, 0) is 47.9 Å². The lowest BCUT2D eigenvalue weighted by Gasteiger charge is -2.43. The molecular formula is C27H25F3N2O4. The van der Waals surface area contributed by atoms with Crippen molar-refractivity contribution in [2.24, 2.45) is 5.73 Å². The van der Waals surface area contributed by atoms with Crippen LogP contribution in [0.3, 0.4) is 0 Å². The molecule has 3 aromatic carbocycles. The summed E-state index contributed by atoms with van der Waals surface area (Å²) < 4.78 is 51.6. The van der Waals surface area contributed by atoms with Gasteiger partial charge in [-0.2, -0.15) is 0 Å². The van der Waals surface area contributed by atoms with E-state index in [9.17, 15) is 22.8 Å². The van der Waals surface area contributed by atoms with Gasteiger partial charge in [-0.1, -0.05) is 36.4 Å². The third-order valence-electron chi connectivity index (χ3n) is 6.50. The molecule has 1 aliphatic heterocycles. The van der Waals surface area contributed by atoms with Crippen LogP contribution in [0, 0.1) is 17.5 Å². The van der Waals surface area contributed by atoms with Gasteiger partial charge in [0.25, 0.3) is 0 Å². The van der Waals surface area contributed by atoms with Crippen molar-refractivity contribution in [2.75, 3.05) is 13.2 Å². The minimum atomic E-state index is -1.11. The average Bonchev–Trinajstić information content (AvgIpc) is 2.84. The smallest absolute Gasteiger partial charge is 0.411 e. The van der Waals surface area contributed by atoms with Crippen LogP contribution in [0.5, 0.6) is 0 Å². The third kappa shape index (κ3) is 5.30. The van der Waals surface area contributed by atoms with Gasteiger partial charge in [0.1, 0.15) is 23.1 Å². The monoisotopic (exact) mass is 498 g/mol. The number of hydrogen-bond donors (Lipinski definition) is 1. The van der Waals surface area contributed by atoms with E-state index in [1.165, 1.54) is 24.3 Å². The quantitative estimate of drug-likeness (QED) is 0.430. The molecule has 0 spiro atoms. The number of hydrogen-bond acceptors (Lipinski definition) is 4. The molecule has 0 bridgehead atoms. The fraction of sp³-hybridized carbons (Fsp3) is 0.259. The zero-order valence-electron chi connectivity index (χ0n) is 19.5. The second kappa shape index (κ2) is 10.3. The molecular weight excluding hydrogens is 473 g/mol. The second-order valence-electron chi connectivity index (χ2n) is 8.65. The first-order valence-electron chi connectivity index (χ1n) is 11.4. The molecule has 36 heavy (non-hydrogen) atoms. The van der Waals surface area contributed by atoms with Crippen molar-refractivity contribution in [1.29, 1.82) is 0 Å². The number of primary amides is 1. The number of nitrogens with two attached hydrogens (primary N) is 1. The van der Waals surface area contributed by atoms with Crippen molar-refractivity contribution in [3.8, 4) is 11.1 Å². The zero-order chi connectivity index (χ0) is 25.9. The molecule has 2 N–H and O–H groups in total. The molecule has 1 saturated heterocycles. The fourth-order valence-electron chi connectivity index (χ4n) is 4.46. The van der Waals surface area contributed by atoms with Gasteiger partial charge in [0.2, 0.25) is 0 Å². The number of amides is 2. The van der Waals surface area contributed by atoms with E-state index in [-0.39, 0.29) is 24.6 Å². The van der Waals surface area contributed by atoms with Crippen LogP contribution in [0.1, 0.15) is 36.9 Å². The van der Waals surface area contributed by atoms with E-state index in [2.05, 4.69) is 0 Å². The van der Waals surface area contributed by atoms with Gasteiger partial charge in [-0.25, -0.2) is 22.8 Å². The lowest BCUT2D eigenvalue weighted by Crippen LogP contribution is -2.49. The first kappa shape index (κ1) is 25.1. The van der Waals surface area contributed by atoms with E-state index in [0.29, 0.717) is 24.1 Å². The molecule has 1 heterocycles. The summed E-state index contributed by atoms with van der Waals surface area (Å²) in [5.41, 5.74) is 6.18. The second-order valence-corrected chi connectivity index (χ2v) is 8.65. The number of rotatable bonds is 7. The Morgan fingerprint density at radius 1 is 1.06 bits per heavy atom. The summed E-state index contributed by atoms with van der Waals surface area (Å²) in [6.45, 7) is 2.09. The fourth-order valence-corrected chi connectivity index (χ4v) is 4.46. The number of halogens is 3. The minimum absolute atomic E-state index is 0.0725. The number of benzene rings is 3. The summed E-state index contributed by atoms with van der Waals surface area (Å²) in [5, 5.41) is 0. The molecule has 0 aromatic heterocycles. The first-order valence-corrected chi connectivity index (χ1v) is 11.4. The average molecular weight is 499 g/mol. The molecule has 0 aliphatic carbocycles. The highest BCUT2D eigenvalue weighted by Gasteiger charge is 2.43. The predicted octanol–water partition coefficient (Wildman–Crippen LogP) is 6.06. The maximum Gasteiger partial charge on any atom is 0.411 e. The zero-order valence-corrected chi connectivity index (χ0v) is 19.5. The topological polar surface area (TPSA) is 81.9 Å². The Hall–Kier alpha value is -4.01. The van der Waals surface area contributed by atoms with Gasteiger partial charge in [-0.15, -0.1) is 0 Å². The predicted molar refractivity (Wildman–Crippen MR) is 126 cm³/mol. The highest BCUT2D eigenvalue weighted by Crippen LogP contribution is 2.40. The number of nitrogens with zero attached hydrogens (tertiary/aromatic N) is 1. The van der Waals surface area contributed by atoms with Crippen molar-refractivity contribution < 1.29 is 32.2 Å². The minimum Gasteiger partial charge on any atom is -0.450 e. The van der Waals surface area contributed by atoms with Crippen LogP contribution in [-0.4, -0.2) is 30.2 Å². The molecule has 0 radical (unpaired) electrons. The van der Waals surface area contributed by atoms with E-state index in [1.54, 1.807) is 41.3 Å². The van der Waals surface area contributed by atoms with E-state index in [0.717, 1.165) is 11.6 Å². The molecule has 188 valence electrons. The van der Waals surface area contributed by atoms with E-state index < -0.39 is 35.2 Å². The Balaban J connectivity index is 1.51. The van der Waals surface area contributed by atoms with Gasteiger partial charge in [0, 0.05) is 31.0 Å². The molecule has 4 rings (SSSR count). The molecule has 3 aromatic rings. The summed E-state index contributed by atoms with van der Waals surface area (Å²) in [5.74, 6) is -1.74.